The predicted octanol–water partition coefficient (Wildman–Crippen LogP) is 2.21. The zero-order valence-corrected chi connectivity index (χ0v) is 12.9. The monoisotopic (exact) mass is 328 g/mol. The number of nitrogens with zero attached hydrogens (tertiary/aromatic N) is 2. The number of halogens is 1. The molecule has 0 aliphatic carbocycles. The SMILES string of the molecule is O=c1cc(O)c2ncc(Cc3ccc(F)cc3)cc2n1CCCO. The van der Waals surface area contributed by atoms with E-state index in [0.29, 0.717) is 30.4 Å². The highest BCUT2D eigenvalue weighted by Crippen LogP contribution is 2.22. The van der Waals surface area contributed by atoms with Crippen LogP contribution in [0.3, 0.4) is 0 Å². The number of benzene rings is 1. The number of rotatable bonds is 5. The molecular weight excluding hydrogens is 311 g/mol. The Balaban J connectivity index is 2.04. The van der Waals surface area contributed by atoms with E-state index in [1.54, 1.807) is 24.4 Å². The molecule has 0 spiro atoms. The molecule has 0 aliphatic heterocycles. The van der Waals surface area contributed by atoms with Gasteiger partial charge in [-0.05, 0) is 42.2 Å². The van der Waals surface area contributed by atoms with Crippen molar-refractivity contribution in [1.29, 1.82) is 0 Å². The summed E-state index contributed by atoms with van der Waals surface area (Å²) in [6.07, 6.45) is 2.60. The smallest absolute Gasteiger partial charge is 0.254 e. The molecule has 0 amide bonds. The Morgan fingerprint density at radius 2 is 1.88 bits per heavy atom. The second-order valence-corrected chi connectivity index (χ2v) is 5.61. The van der Waals surface area contributed by atoms with Crippen LogP contribution in [0.1, 0.15) is 17.5 Å². The summed E-state index contributed by atoms with van der Waals surface area (Å²) in [5.74, 6) is -0.457. The number of aliphatic hydroxyl groups is 1. The largest absolute Gasteiger partial charge is 0.505 e. The molecule has 0 saturated carbocycles. The first-order chi connectivity index (χ1) is 11.6. The summed E-state index contributed by atoms with van der Waals surface area (Å²) in [6, 6.07) is 9.11. The molecule has 3 aromatic rings. The molecule has 0 saturated heterocycles. The van der Waals surface area contributed by atoms with E-state index in [1.807, 2.05) is 0 Å². The van der Waals surface area contributed by atoms with Crippen LogP contribution < -0.4 is 5.56 Å². The quantitative estimate of drug-likeness (QED) is 0.753. The van der Waals surface area contributed by atoms with Gasteiger partial charge in [-0.1, -0.05) is 12.1 Å². The lowest BCUT2D eigenvalue weighted by molar-refractivity contribution is 0.280. The van der Waals surface area contributed by atoms with Gasteiger partial charge in [-0.15, -0.1) is 0 Å². The van der Waals surface area contributed by atoms with Crippen LogP contribution in [0.4, 0.5) is 4.39 Å². The fourth-order valence-electron chi connectivity index (χ4n) is 2.67. The van der Waals surface area contributed by atoms with Crippen molar-refractivity contribution in [1.82, 2.24) is 9.55 Å². The number of aromatic nitrogens is 2. The molecular formula is C18H17FN2O3. The summed E-state index contributed by atoms with van der Waals surface area (Å²) in [6.45, 7) is 0.311. The predicted molar refractivity (Wildman–Crippen MR) is 88.6 cm³/mol. The van der Waals surface area contributed by atoms with Gasteiger partial charge in [0.2, 0.25) is 0 Å². The number of hydrogen-bond acceptors (Lipinski definition) is 4. The van der Waals surface area contributed by atoms with Crippen LogP contribution in [0.15, 0.2) is 47.4 Å². The molecule has 0 aliphatic rings. The van der Waals surface area contributed by atoms with E-state index in [-0.39, 0.29) is 23.7 Å². The fraction of sp³-hybridized carbons (Fsp3) is 0.222. The summed E-state index contributed by atoms with van der Waals surface area (Å²) in [5.41, 5.74) is 2.29. The minimum Gasteiger partial charge on any atom is -0.505 e. The third-order valence-electron chi connectivity index (χ3n) is 3.85. The van der Waals surface area contributed by atoms with Crippen LogP contribution in [0.2, 0.25) is 0 Å². The third kappa shape index (κ3) is 3.28. The van der Waals surface area contributed by atoms with Crippen LogP contribution in [0.25, 0.3) is 11.0 Å². The Hall–Kier alpha value is -2.73. The Morgan fingerprint density at radius 1 is 1.12 bits per heavy atom. The number of hydrogen-bond donors (Lipinski definition) is 2. The van der Waals surface area contributed by atoms with E-state index in [9.17, 15) is 14.3 Å². The van der Waals surface area contributed by atoms with Gasteiger partial charge in [0.1, 0.15) is 17.1 Å². The van der Waals surface area contributed by atoms with E-state index in [2.05, 4.69) is 4.98 Å². The molecule has 124 valence electrons. The van der Waals surface area contributed by atoms with Gasteiger partial charge in [-0.3, -0.25) is 9.78 Å². The molecule has 0 unspecified atom stereocenters. The number of aromatic hydroxyl groups is 1. The molecule has 3 rings (SSSR count). The van der Waals surface area contributed by atoms with Gasteiger partial charge in [0.05, 0.1) is 5.52 Å². The normalized spacial score (nSPS) is 11.1. The maximum Gasteiger partial charge on any atom is 0.254 e. The van der Waals surface area contributed by atoms with Gasteiger partial charge in [-0.2, -0.15) is 0 Å². The Labute approximate surface area is 137 Å². The highest BCUT2D eigenvalue weighted by Gasteiger charge is 2.10. The molecule has 6 heteroatoms. The minimum absolute atomic E-state index is 0.0302. The van der Waals surface area contributed by atoms with Gasteiger partial charge < -0.3 is 14.8 Å². The molecule has 0 bridgehead atoms. The van der Waals surface area contributed by atoms with Crippen LogP contribution >= 0.6 is 0 Å². The number of pyridine rings is 2. The van der Waals surface area contributed by atoms with E-state index < -0.39 is 0 Å². The van der Waals surface area contributed by atoms with Crippen molar-refractivity contribution in [3.8, 4) is 5.75 Å². The highest BCUT2D eigenvalue weighted by molar-refractivity contribution is 5.81. The van der Waals surface area contributed by atoms with Crippen LogP contribution in [0, 0.1) is 5.82 Å². The number of aliphatic hydroxyl groups excluding tert-OH is 1. The second-order valence-electron chi connectivity index (χ2n) is 5.61. The first-order valence-electron chi connectivity index (χ1n) is 7.65. The van der Waals surface area contributed by atoms with Crippen molar-refractivity contribution < 1.29 is 14.6 Å². The van der Waals surface area contributed by atoms with Crippen molar-refractivity contribution >= 4 is 11.0 Å². The van der Waals surface area contributed by atoms with Crippen molar-refractivity contribution in [2.45, 2.75) is 19.4 Å². The minimum atomic E-state index is -0.339. The zero-order chi connectivity index (χ0) is 17.1. The van der Waals surface area contributed by atoms with Crippen LogP contribution in [0.5, 0.6) is 5.75 Å². The summed E-state index contributed by atoms with van der Waals surface area (Å²) < 4.78 is 14.5. The second kappa shape index (κ2) is 6.80. The number of fused-ring (bicyclic) bond motifs is 1. The van der Waals surface area contributed by atoms with Gasteiger partial charge in [-0.25, -0.2) is 4.39 Å². The van der Waals surface area contributed by atoms with E-state index in [0.717, 1.165) is 17.2 Å². The molecule has 5 nitrogen and oxygen atoms in total. The van der Waals surface area contributed by atoms with Crippen LogP contribution in [-0.4, -0.2) is 26.4 Å². The van der Waals surface area contributed by atoms with Gasteiger partial charge in [0.15, 0.2) is 0 Å². The summed E-state index contributed by atoms with van der Waals surface area (Å²) in [5, 5.41) is 19.0. The number of aryl methyl sites for hydroxylation is 1. The van der Waals surface area contributed by atoms with E-state index in [4.69, 9.17) is 5.11 Å². The Kier molecular flexibility index (Phi) is 4.57. The molecule has 2 aromatic heterocycles. The molecule has 0 atom stereocenters. The van der Waals surface area contributed by atoms with Crippen molar-refractivity contribution in [2.24, 2.45) is 0 Å². The molecule has 2 N–H and O–H groups in total. The first-order valence-corrected chi connectivity index (χ1v) is 7.65. The maximum atomic E-state index is 13.0. The molecule has 0 radical (unpaired) electrons. The first kappa shape index (κ1) is 16.1. The average molecular weight is 328 g/mol. The molecule has 0 fully saturated rings. The summed E-state index contributed by atoms with van der Waals surface area (Å²) in [4.78, 5) is 16.4. The van der Waals surface area contributed by atoms with Crippen molar-refractivity contribution in [3.05, 3.63) is 69.9 Å². The van der Waals surface area contributed by atoms with Crippen LogP contribution in [-0.2, 0) is 13.0 Å². The van der Waals surface area contributed by atoms with Gasteiger partial charge in [0.25, 0.3) is 5.56 Å². The van der Waals surface area contributed by atoms with Gasteiger partial charge >= 0.3 is 0 Å². The molecule has 1 aromatic carbocycles. The highest BCUT2D eigenvalue weighted by atomic mass is 19.1. The van der Waals surface area contributed by atoms with E-state index in [1.165, 1.54) is 16.7 Å². The lowest BCUT2D eigenvalue weighted by Crippen LogP contribution is -2.20. The standard InChI is InChI=1S/C18H17FN2O3/c19-14-4-2-12(3-5-14)8-13-9-15-18(20-11-13)16(23)10-17(24)21(15)6-1-7-22/h2-5,9-11,22-23H,1,6-8H2. The van der Waals surface area contributed by atoms with Crippen molar-refractivity contribution in [3.63, 3.8) is 0 Å². The fourth-order valence-corrected chi connectivity index (χ4v) is 2.67. The lowest BCUT2D eigenvalue weighted by Gasteiger charge is -2.11. The maximum absolute atomic E-state index is 13.0. The molecule has 2 heterocycles. The summed E-state index contributed by atoms with van der Waals surface area (Å²) >= 11 is 0. The van der Waals surface area contributed by atoms with E-state index >= 15 is 0 Å². The zero-order valence-electron chi connectivity index (χ0n) is 12.9. The third-order valence-corrected chi connectivity index (χ3v) is 3.85. The average Bonchev–Trinajstić information content (AvgIpc) is 2.57. The Morgan fingerprint density at radius 3 is 2.58 bits per heavy atom. The summed E-state index contributed by atoms with van der Waals surface area (Å²) in [7, 11) is 0. The molecule has 24 heavy (non-hydrogen) atoms. The lowest BCUT2D eigenvalue weighted by atomic mass is 10.1. The van der Waals surface area contributed by atoms with Gasteiger partial charge in [0, 0.05) is 25.4 Å². The Bertz CT molecular complexity index is 920. The van der Waals surface area contributed by atoms with Crippen molar-refractivity contribution in [2.75, 3.05) is 6.61 Å². The topological polar surface area (TPSA) is 75.3 Å².